The van der Waals surface area contributed by atoms with Crippen molar-refractivity contribution >= 4 is 37.5 Å². The fourth-order valence-corrected chi connectivity index (χ4v) is 5.42. The highest BCUT2D eigenvalue weighted by Gasteiger charge is 2.31. The van der Waals surface area contributed by atoms with Gasteiger partial charge in [0.1, 0.15) is 5.69 Å². The second-order valence-corrected chi connectivity index (χ2v) is 9.28. The Balaban J connectivity index is 1.50. The highest BCUT2D eigenvalue weighted by atomic mass is 32.2. The lowest BCUT2D eigenvalue weighted by Gasteiger charge is -2.33. The van der Waals surface area contributed by atoms with Gasteiger partial charge in [-0.1, -0.05) is 29.8 Å². The van der Waals surface area contributed by atoms with E-state index in [1.807, 2.05) is 25.1 Å². The molecular formula is C19H19N3O3S2. The summed E-state index contributed by atoms with van der Waals surface area (Å²) in [6.07, 6.45) is 0. The standard InChI is InChI=1S/C19H19N3O3S2/c1-14-7-8-17-16(13-14)18(20-26-17)19(23)21-9-11-22(12-10-21)27(24,25)15-5-3-2-4-6-15/h2-8,13H,9-12H2,1H3. The predicted molar refractivity (Wildman–Crippen MR) is 105 cm³/mol. The maximum atomic E-state index is 12.9. The molecule has 1 aliphatic heterocycles. The smallest absolute Gasteiger partial charge is 0.274 e. The average Bonchev–Trinajstić information content (AvgIpc) is 3.11. The Bertz CT molecular complexity index is 1090. The van der Waals surface area contributed by atoms with Gasteiger partial charge in [0, 0.05) is 31.6 Å². The van der Waals surface area contributed by atoms with Crippen LogP contribution >= 0.6 is 11.5 Å². The molecule has 0 unspecified atom stereocenters. The predicted octanol–water partition coefficient (Wildman–Crippen LogP) is 2.75. The molecule has 0 N–H and O–H groups in total. The SMILES string of the molecule is Cc1ccc2snc(C(=O)N3CCN(S(=O)(=O)c4ccccc4)CC3)c2c1. The van der Waals surface area contributed by atoms with Crippen molar-refractivity contribution in [1.82, 2.24) is 13.6 Å². The molecule has 3 aromatic rings. The molecule has 2 aromatic carbocycles. The van der Waals surface area contributed by atoms with Gasteiger partial charge in [0.15, 0.2) is 0 Å². The van der Waals surface area contributed by atoms with E-state index in [9.17, 15) is 13.2 Å². The van der Waals surface area contributed by atoms with Gasteiger partial charge in [-0.15, -0.1) is 0 Å². The van der Waals surface area contributed by atoms with Crippen molar-refractivity contribution in [2.45, 2.75) is 11.8 Å². The third kappa shape index (κ3) is 3.36. The summed E-state index contributed by atoms with van der Waals surface area (Å²) >= 11 is 1.31. The maximum absolute atomic E-state index is 12.9. The number of aryl methyl sites for hydroxylation is 1. The van der Waals surface area contributed by atoms with Crippen LogP contribution in [0.15, 0.2) is 53.4 Å². The quantitative estimate of drug-likeness (QED) is 0.677. The molecule has 4 rings (SSSR count). The summed E-state index contributed by atoms with van der Waals surface area (Å²) in [5, 5.41) is 0.865. The second kappa shape index (κ2) is 7.03. The van der Waals surface area contributed by atoms with Gasteiger partial charge in [-0.2, -0.15) is 8.68 Å². The number of fused-ring (bicyclic) bond motifs is 1. The molecule has 1 aliphatic rings. The zero-order valence-corrected chi connectivity index (χ0v) is 16.5. The van der Waals surface area contributed by atoms with Crippen LogP contribution in [0.5, 0.6) is 0 Å². The number of hydrogen-bond donors (Lipinski definition) is 0. The lowest BCUT2D eigenvalue weighted by molar-refractivity contribution is 0.0695. The third-order valence-electron chi connectivity index (χ3n) is 4.73. The van der Waals surface area contributed by atoms with E-state index in [0.717, 1.165) is 15.6 Å². The Labute approximate surface area is 162 Å². The van der Waals surface area contributed by atoms with Crippen molar-refractivity contribution in [3.63, 3.8) is 0 Å². The first kappa shape index (κ1) is 18.1. The molecule has 0 atom stereocenters. The Morgan fingerprint density at radius 3 is 2.44 bits per heavy atom. The van der Waals surface area contributed by atoms with Crippen LogP contribution in [0, 0.1) is 6.92 Å². The summed E-state index contributed by atoms with van der Waals surface area (Å²) in [5.41, 5.74) is 1.54. The van der Waals surface area contributed by atoms with E-state index in [2.05, 4.69) is 4.37 Å². The zero-order chi connectivity index (χ0) is 19.0. The molecule has 27 heavy (non-hydrogen) atoms. The van der Waals surface area contributed by atoms with E-state index >= 15 is 0 Å². The molecule has 0 radical (unpaired) electrons. The fraction of sp³-hybridized carbons (Fsp3) is 0.263. The van der Waals surface area contributed by atoms with Crippen LogP contribution in [0.25, 0.3) is 10.1 Å². The summed E-state index contributed by atoms with van der Waals surface area (Å²) in [5.74, 6) is -0.136. The average molecular weight is 402 g/mol. The first-order valence-electron chi connectivity index (χ1n) is 8.67. The van der Waals surface area contributed by atoms with Crippen molar-refractivity contribution in [2.75, 3.05) is 26.2 Å². The number of rotatable bonds is 3. The highest BCUT2D eigenvalue weighted by Crippen LogP contribution is 2.26. The molecule has 1 aromatic heterocycles. The number of benzene rings is 2. The molecular weight excluding hydrogens is 382 g/mol. The lowest BCUT2D eigenvalue weighted by atomic mass is 10.1. The summed E-state index contributed by atoms with van der Waals surface area (Å²) in [7, 11) is -3.52. The summed E-state index contributed by atoms with van der Waals surface area (Å²) < 4.78 is 32.2. The Kier molecular flexibility index (Phi) is 4.71. The number of sulfonamides is 1. The number of piperazine rings is 1. The van der Waals surface area contributed by atoms with Crippen molar-refractivity contribution < 1.29 is 13.2 Å². The molecule has 140 valence electrons. The van der Waals surface area contributed by atoms with Gasteiger partial charge in [-0.25, -0.2) is 8.42 Å². The summed E-state index contributed by atoms with van der Waals surface area (Å²) in [6, 6.07) is 14.3. The first-order valence-corrected chi connectivity index (χ1v) is 10.9. The highest BCUT2D eigenvalue weighted by molar-refractivity contribution is 7.89. The van der Waals surface area contributed by atoms with Gasteiger partial charge in [0.25, 0.3) is 5.91 Å². The molecule has 0 aliphatic carbocycles. The molecule has 0 bridgehead atoms. The molecule has 1 amide bonds. The van der Waals surface area contributed by atoms with Crippen molar-refractivity contribution in [1.29, 1.82) is 0 Å². The van der Waals surface area contributed by atoms with Gasteiger partial charge in [0.05, 0.1) is 9.60 Å². The summed E-state index contributed by atoms with van der Waals surface area (Å²) in [6.45, 7) is 3.26. The third-order valence-corrected chi connectivity index (χ3v) is 7.47. The summed E-state index contributed by atoms with van der Waals surface area (Å²) in [4.78, 5) is 14.9. The monoisotopic (exact) mass is 401 g/mol. The Morgan fingerprint density at radius 1 is 1.04 bits per heavy atom. The van der Waals surface area contributed by atoms with Crippen LogP contribution in [0.1, 0.15) is 16.1 Å². The minimum Gasteiger partial charge on any atom is -0.335 e. The van der Waals surface area contributed by atoms with Gasteiger partial charge >= 0.3 is 0 Å². The van der Waals surface area contributed by atoms with E-state index in [4.69, 9.17) is 0 Å². The van der Waals surface area contributed by atoms with Crippen LogP contribution in [0.4, 0.5) is 0 Å². The molecule has 1 fully saturated rings. The largest absolute Gasteiger partial charge is 0.335 e. The van der Waals surface area contributed by atoms with E-state index in [1.165, 1.54) is 15.8 Å². The Morgan fingerprint density at radius 2 is 1.74 bits per heavy atom. The van der Waals surface area contributed by atoms with Gasteiger partial charge in [-0.05, 0) is 42.7 Å². The fourth-order valence-electron chi connectivity index (χ4n) is 3.23. The number of carbonyl (C=O) groups excluding carboxylic acids is 1. The molecule has 6 nitrogen and oxygen atoms in total. The van der Waals surface area contributed by atoms with Crippen LogP contribution in [0.3, 0.4) is 0 Å². The van der Waals surface area contributed by atoms with Crippen LogP contribution in [-0.2, 0) is 10.0 Å². The van der Waals surface area contributed by atoms with Gasteiger partial charge in [0.2, 0.25) is 10.0 Å². The minimum absolute atomic E-state index is 0.136. The maximum Gasteiger partial charge on any atom is 0.274 e. The number of hydrogen-bond acceptors (Lipinski definition) is 5. The molecule has 0 saturated carbocycles. The molecule has 8 heteroatoms. The zero-order valence-electron chi connectivity index (χ0n) is 14.8. The van der Waals surface area contributed by atoms with Gasteiger partial charge < -0.3 is 4.90 Å². The minimum atomic E-state index is -3.52. The van der Waals surface area contributed by atoms with Crippen LogP contribution in [0.2, 0.25) is 0 Å². The molecule has 1 saturated heterocycles. The number of amides is 1. The van der Waals surface area contributed by atoms with E-state index in [1.54, 1.807) is 35.2 Å². The van der Waals surface area contributed by atoms with Crippen LogP contribution in [-0.4, -0.2) is 54.1 Å². The normalized spacial score (nSPS) is 16.0. The number of nitrogens with zero attached hydrogens (tertiary/aromatic N) is 3. The first-order chi connectivity index (χ1) is 13.0. The second-order valence-electron chi connectivity index (χ2n) is 6.54. The van der Waals surface area contributed by atoms with E-state index in [-0.39, 0.29) is 23.9 Å². The van der Waals surface area contributed by atoms with E-state index < -0.39 is 10.0 Å². The van der Waals surface area contributed by atoms with Crippen molar-refractivity contribution in [3.05, 3.63) is 59.8 Å². The van der Waals surface area contributed by atoms with E-state index in [0.29, 0.717) is 18.8 Å². The number of carbonyl (C=O) groups is 1. The lowest BCUT2D eigenvalue weighted by Crippen LogP contribution is -2.50. The molecule has 0 spiro atoms. The Hall–Kier alpha value is -2.29. The number of aromatic nitrogens is 1. The van der Waals surface area contributed by atoms with Gasteiger partial charge in [-0.3, -0.25) is 4.79 Å². The van der Waals surface area contributed by atoms with Crippen molar-refractivity contribution in [2.24, 2.45) is 0 Å². The topological polar surface area (TPSA) is 70.6 Å². The van der Waals surface area contributed by atoms with Crippen LogP contribution < -0.4 is 0 Å². The van der Waals surface area contributed by atoms with Crippen molar-refractivity contribution in [3.8, 4) is 0 Å². The molecule has 2 heterocycles.